The monoisotopic (exact) mass is 457 g/mol. The molecule has 1 N–H and O–H groups in total. The number of ether oxygens (including phenoxy) is 3. The molecule has 7 heteroatoms. The maximum absolute atomic E-state index is 11.3. The normalized spacial score (nSPS) is 14.5. The van der Waals surface area contributed by atoms with Crippen molar-refractivity contribution in [1.29, 1.82) is 0 Å². The predicted molar refractivity (Wildman–Crippen MR) is 131 cm³/mol. The van der Waals surface area contributed by atoms with E-state index in [1.54, 1.807) is 7.11 Å². The Morgan fingerprint density at radius 3 is 2.82 bits per heavy atom. The number of carbonyl (C=O) groups excluding carboxylic acids is 1. The van der Waals surface area contributed by atoms with Crippen LogP contribution in [-0.2, 0) is 16.1 Å². The van der Waals surface area contributed by atoms with Crippen LogP contribution in [0.25, 0.3) is 16.7 Å². The standard InChI is InChI=1S/C27H27N3O4/c1-16-19(14-28-20-8-10-22-26(12-20)33-15-27(22)34-18(3)31)6-5-7-24(16)30-17(2)29-23-11-9-21(32-4)13-25(23)30/h5-13,27-28H,14-15H2,1-4H3/t27-/m1/s1. The lowest BCUT2D eigenvalue weighted by Gasteiger charge is -2.16. The van der Waals surface area contributed by atoms with Gasteiger partial charge in [0.1, 0.15) is 23.9 Å². The van der Waals surface area contributed by atoms with Gasteiger partial charge in [0.2, 0.25) is 0 Å². The summed E-state index contributed by atoms with van der Waals surface area (Å²) in [5, 5.41) is 3.50. The van der Waals surface area contributed by atoms with Crippen molar-refractivity contribution in [3.63, 3.8) is 0 Å². The summed E-state index contributed by atoms with van der Waals surface area (Å²) in [4.78, 5) is 16.0. The molecule has 0 radical (unpaired) electrons. The molecule has 3 aromatic carbocycles. The largest absolute Gasteiger partial charge is 0.497 e. The number of rotatable bonds is 6. The second-order valence-electron chi connectivity index (χ2n) is 8.43. The van der Waals surface area contributed by atoms with Crippen molar-refractivity contribution in [3.05, 3.63) is 77.1 Å². The highest BCUT2D eigenvalue weighted by Gasteiger charge is 2.26. The molecular weight excluding hydrogens is 430 g/mol. The lowest BCUT2D eigenvalue weighted by Crippen LogP contribution is -2.09. The van der Waals surface area contributed by atoms with Crippen molar-refractivity contribution in [1.82, 2.24) is 9.55 Å². The number of esters is 1. The SMILES string of the molecule is COc1ccc2nc(C)n(-c3cccc(CNc4ccc5c(c4)OC[C@H]5OC(C)=O)c3C)c2c1. The van der Waals surface area contributed by atoms with Gasteiger partial charge in [0.25, 0.3) is 0 Å². The smallest absolute Gasteiger partial charge is 0.303 e. The molecule has 5 rings (SSSR count). The topological polar surface area (TPSA) is 74.6 Å². The summed E-state index contributed by atoms with van der Waals surface area (Å²) >= 11 is 0. The van der Waals surface area contributed by atoms with E-state index in [1.165, 1.54) is 18.1 Å². The molecular formula is C27H27N3O4. The van der Waals surface area contributed by atoms with Gasteiger partial charge in [-0.15, -0.1) is 0 Å². The van der Waals surface area contributed by atoms with E-state index in [0.717, 1.165) is 45.3 Å². The number of hydrogen-bond donors (Lipinski definition) is 1. The van der Waals surface area contributed by atoms with Crippen LogP contribution in [0.1, 0.15) is 35.5 Å². The van der Waals surface area contributed by atoms with Crippen LogP contribution in [0.15, 0.2) is 54.6 Å². The molecule has 0 amide bonds. The Labute approximate surface area is 198 Å². The highest BCUT2D eigenvalue weighted by atomic mass is 16.6. The summed E-state index contributed by atoms with van der Waals surface area (Å²) in [6, 6.07) is 18.2. The fourth-order valence-electron chi connectivity index (χ4n) is 4.50. The van der Waals surface area contributed by atoms with Crippen LogP contribution in [0.2, 0.25) is 0 Å². The van der Waals surface area contributed by atoms with Crippen LogP contribution in [0.5, 0.6) is 11.5 Å². The molecule has 2 heterocycles. The number of nitrogens with zero attached hydrogens (tertiary/aromatic N) is 2. The summed E-state index contributed by atoms with van der Waals surface area (Å²) in [5.74, 6) is 2.17. The second-order valence-corrected chi connectivity index (χ2v) is 8.43. The number of nitrogens with one attached hydrogen (secondary N) is 1. The molecule has 0 bridgehead atoms. The summed E-state index contributed by atoms with van der Waals surface area (Å²) < 4.78 is 18.7. The second kappa shape index (κ2) is 8.74. The molecule has 1 atom stereocenters. The van der Waals surface area contributed by atoms with E-state index in [9.17, 15) is 4.79 Å². The number of fused-ring (bicyclic) bond motifs is 2. The van der Waals surface area contributed by atoms with Crippen LogP contribution < -0.4 is 14.8 Å². The van der Waals surface area contributed by atoms with Crippen molar-refractivity contribution in [2.45, 2.75) is 33.4 Å². The molecule has 0 aliphatic carbocycles. The third-order valence-electron chi connectivity index (χ3n) is 6.23. The van der Waals surface area contributed by atoms with Gasteiger partial charge in [-0.1, -0.05) is 12.1 Å². The minimum atomic E-state index is -0.340. The molecule has 4 aromatic rings. The van der Waals surface area contributed by atoms with Gasteiger partial charge in [-0.2, -0.15) is 0 Å². The van der Waals surface area contributed by atoms with E-state index in [4.69, 9.17) is 19.2 Å². The van der Waals surface area contributed by atoms with E-state index in [2.05, 4.69) is 35.0 Å². The van der Waals surface area contributed by atoms with Gasteiger partial charge >= 0.3 is 5.97 Å². The zero-order chi connectivity index (χ0) is 23.8. The molecule has 0 spiro atoms. The quantitative estimate of drug-likeness (QED) is 0.398. The van der Waals surface area contributed by atoms with Crippen LogP contribution in [0.4, 0.5) is 5.69 Å². The summed E-state index contributed by atoms with van der Waals surface area (Å²) in [7, 11) is 1.67. The van der Waals surface area contributed by atoms with E-state index < -0.39 is 0 Å². The molecule has 174 valence electrons. The zero-order valence-electron chi connectivity index (χ0n) is 19.7. The molecule has 1 aromatic heterocycles. The van der Waals surface area contributed by atoms with Crippen molar-refractivity contribution in [2.75, 3.05) is 19.0 Å². The zero-order valence-corrected chi connectivity index (χ0v) is 19.7. The Hall–Kier alpha value is -4.00. The Morgan fingerprint density at radius 1 is 1.18 bits per heavy atom. The molecule has 0 saturated heterocycles. The summed E-state index contributed by atoms with van der Waals surface area (Å²) in [6.07, 6.45) is -0.340. The first-order valence-corrected chi connectivity index (χ1v) is 11.2. The van der Waals surface area contributed by atoms with Crippen molar-refractivity contribution >= 4 is 22.7 Å². The third kappa shape index (κ3) is 3.94. The fraction of sp³-hybridized carbons (Fsp3) is 0.259. The van der Waals surface area contributed by atoms with Crippen molar-refractivity contribution in [3.8, 4) is 17.2 Å². The number of benzene rings is 3. The van der Waals surface area contributed by atoms with Crippen LogP contribution in [0, 0.1) is 13.8 Å². The molecule has 0 fully saturated rings. The van der Waals surface area contributed by atoms with Crippen LogP contribution in [0.3, 0.4) is 0 Å². The fourth-order valence-corrected chi connectivity index (χ4v) is 4.50. The number of aryl methyl sites for hydroxylation is 1. The molecule has 7 nitrogen and oxygen atoms in total. The Morgan fingerprint density at radius 2 is 2.03 bits per heavy atom. The maximum atomic E-state index is 11.3. The van der Waals surface area contributed by atoms with Gasteiger partial charge < -0.3 is 19.5 Å². The lowest BCUT2D eigenvalue weighted by molar-refractivity contribution is -0.147. The Balaban J connectivity index is 1.40. The number of anilines is 1. The van der Waals surface area contributed by atoms with Gasteiger partial charge in [-0.3, -0.25) is 9.36 Å². The number of carbonyl (C=O) groups is 1. The minimum Gasteiger partial charge on any atom is -0.497 e. The van der Waals surface area contributed by atoms with Crippen LogP contribution in [-0.4, -0.2) is 29.2 Å². The van der Waals surface area contributed by atoms with Gasteiger partial charge in [0.05, 0.1) is 23.8 Å². The van der Waals surface area contributed by atoms with Crippen LogP contribution >= 0.6 is 0 Å². The lowest BCUT2D eigenvalue weighted by atomic mass is 10.1. The molecule has 1 aliphatic rings. The van der Waals surface area contributed by atoms with Crippen molar-refractivity contribution < 1.29 is 19.0 Å². The number of aromatic nitrogens is 2. The van der Waals surface area contributed by atoms with E-state index in [-0.39, 0.29) is 12.1 Å². The van der Waals surface area contributed by atoms with E-state index >= 15 is 0 Å². The summed E-state index contributed by atoms with van der Waals surface area (Å²) in [6.45, 7) is 6.57. The van der Waals surface area contributed by atoms with Gasteiger partial charge in [-0.25, -0.2) is 4.98 Å². The average molecular weight is 458 g/mol. The van der Waals surface area contributed by atoms with E-state index in [0.29, 0.717) is 13.2 Å². The van der Waals surface area contributed by atoms with Crippen molar-refractivity contribution in [2.24, 2.45) is 0 Å². The number of imidazole rings is 1. The third-order valence-corrected chi connectivity index (χ3v) is 6.23. The van der Waals surface area contributed by atoms with Gasteiger partial charge in [0.15, 0.2) is 6.10 Å². The summed E-state index contributed by atoms with van der Waals surface area (Å²) in [5.41, 5.74) is 7.25. The van der Waals surface area contributed by atoms with E-state index in [1.807, 2.05) is 43.3 Å². The first kappa shape index (κ1) is 21.8. The molecule has 1 aliphatic heterocycles. The van der Waals surface area contributed by atoms with Gasteiger partial charge in [-0.05, 0) is 55.3 Å². The molecule has 0 saturated carbocycles. The number of hydrogen-bond acceptors (Lipinski definition) is 6. The first-order chi connectivity index (χ1) is 16.4. The highest BCUT2D eigenvalue weighted by Crippen LogP contribution is 2.37. The minimum absolute atomic E-state index is 0.307. The molecule has 0 unspecified atom stereocenters. The maximum Gasteiger partial charge on any atom is 0.303 e. The average Bonchev–Trinajstić information content (AvgIpc) is 3.37. The highest BCUT2D eigenvalue weighted by molar-refractivity contribution is 5.80. The Kier molecular flexibility index (Phi) is 5.61. The molecule has 34 heavy (non-hydrogen) atoms. The first-order valence-electron chi connectivity index (χ1n) is 11.2. The number of methoxy groups -OCH3 is 1. The Bertz CT molecular complexity index is 1390. The van der Waals surface area contributed by atoms with Gasteiger partial charge in [0, 0.05) is 36.9 Å². The predicted octanol–water partition coefficient (Wildman–Crippen LogP) is 5.26.